The number of fused-ring (bicyclic) bond motifs is 1. The number of hydrogen-bond acceptors (Lipinski definition) is 5. The largest absolute Gasteiger partial charge is 0.457 e. The van der Waals surface area contributed by atoms with Crippen molar-refractivity contribution < 1.29 is 19.8 Å². The van der Waals surface area contributed by atoms with Crippen LogP contribution in [0.3, 0.4) is 0 Å². The second-order valence-electron chi connectivity index (χ2n) is 7.96. The molecule has 4 rings (SSSR count). The first-order valence-corrected chi connectivity index (χ1v) is 10.7. The number of benzene rings is 3. The van der Waals surface area contributed by atoms with Crippen molar-refractivity contribution in [2.45, 2.75) is 26.3 Å². The molecule has 3 N–H and O–H groups in total. The molecule has 4 aromatic rings. The summed E-state index contributed by atoms with van der Waals surface area (Å²) < 4.78 is 37.9. The molecule has 0 saturated heterocycles. The number of esters is 1. The van der Waals surface area contributed by atoms with Crippen molar-refractivity contribution in [3.63, 3.8) is 0 Å². The number of hydrogen-bond donors (Lipinski definition) is 2. The second kappa shape index (κ2) is 13.0. The van der Waals surface area contributed by atoms with Crippen LogP contribution in [0.1, 0.15) is 44.0 Å². The Labute approximate surface area is 228 Å². The lowest BCUT2D eigenvalue weighted by Crippen LogP contribution is -2.27. The van der Waals surface area contributed by atoms with E-state index in [0.29, 0.717) is 11.3 Å². The van der Waals surface area contributed by atoms with Gasteiger partial charge in [0.1, 0.15) is 6.56 Å². The van der Waals surface area contributed by atoms with Crippen molar-refractivity contribution in [2.75, 3.05) is 11.8 Å². The van der Waals surface area contributed by atoms with Crippen LogP contribution in [0.25, 0.3) is 10.8 Å². The molecule has 1 heterocycles. The number of aryl methyl sites for hydroxylation is 2. The minimum absolute atomic E-state index is 0. The van der Waals surface area contributed by atoms with Crippen molar-refractivity contribution in [2.24, 2.45) is 5.73 Å². The number of amides is 1. The molecular weight excluding hydrogens is 497 g/mol. The molecule has 0 spiro atoms. The highest BCUT2D eigenvalue weighted by Gasteiger charge is 2.19. The van der Waals surface area contributed by atoms with Gasteiger partial charge >= 0.3 is 5.97 Å². The van der Waals surface area contributed by atoms with Crippen molar-refractivity contribution in [3.8, 4) is 0 Å². The van der Waals surface area contributed by atoms with E-state index >= 15 is 0 Å². The third-order valence-corrected chi connectivity index (χ3v) is 5.44. The topological polar surface area (TPSA) is 94.3 Å². The first kappa shape index (κ1) is 23.0. The molecule has 6 nitrogen and oxygen atoms in total. The minimum Gasteiger partial charge on any atom is -0.457 e. The SMILES string of the molecule is Cl.Cl.[2H]C([2H])(OC(=O)c1ccc(C)cc1C)c1ccc(C(C(=O)Nc2ccc3cnccc3c2)C([2H])([2H])N)cc1. The highest BCUT2D eigenvalue weighted by atomic mass is 35.5. The number of ether oxygens (including phenoxy) is 1. The van der Waals surface area contributed by atoms with Crippen molar-refractivity contribution in [1.82, 2.24) is 4.98 Å². The normalized spacial score (nSPS) is 13.5. The maximum Gasteiger partial charge on any atom is 0.338 e. The van der Waals surface area contributed by atoms with Crippen LogP contribution in [0.2, 0.25) is 0 Å². The van der Waals surface area contributed by atoms with Crippen LogP contribution in [-0.4, -0.2) is 23.4 Å². The predicted molar refractivity (Wildman–Crippen MR) is 148 cm³/mol. The van der Waals surface area contributed by atoms with Crippen LogP contribution in [0.5, 0.6) is 0 Å². The van der Waals surface area contributed by atoms with Crippen LogP contribution >= 0.6 is 24.8 Å². The Morgan fingerprint density at radius 1 is 1.00 bits per heavy atom. The number of rotatable bonds is 7. The maximum atomic E-state index is 13.1. The summed E-state index contributed by atoms with van der Waals surface area (Å²) in [7, 11) is 0. The van der Waals surface area contributed by atoms with Gasteiger partial charge in [0.05, 0.1) is 14.2 Å². The lowest BCUT2D eigenvalue weighted by atomic mass is 9.97. The minimum atomic E-state index is -2.47. The number of carbonyl (C=O) groups is 2. The summed E-state index contributed by atoms with van der Waals surface area (Å²) in [5, 5.41) is 4.46. The zero-order valence-corrected chi connectivity index (χ0v) is 21.3. The molecule has 0 radical (unpaired) electrons. The smallest absolute Gasteiger partial charge is 0.338 e. The van der Waals surface area contributed by atoms with E-state index in [1.165, 1.54) is 24.3 Å². The molecule has 0 fully saturated rings. The van der Waals surface area contributed by atoms with Crippen LogP contribution in [0, 0.1) is 13.8 Å². The monoisotopic (exact) mass is 529 g/mol. The van der Waals surface area contributed by atoms with E-state index in [2.05, 4.69) is 10.3 Å². The predicted octanol–water partition coefficient (Wildman–Crippen LogP) is 5.73. The molecule has 0 aliphatic carbocycles. The molecule has 0 bridgehead atoms. The third kappa shape index (κ3) is 6.82. The van der Waals surface area contributed by atoms with Gasteiger partial charge in [-0.1, -0.05) is 48.0 Å². The van der Waals surface area contributed by atoms with Gasteiger partial charge in [-0.25, -0.2) is 4.79 Å². The van der Waals surface area contributed by atoms with Crippen LogP contribution in [0.15, 0.2) is 79.1 Å². The standard InChI is InChI=1S/C28H27N3O3.2ClH/c1-18-3-10-25(19(2)13-18)28(33)34-17-20-4-6-21(7-5-20)26(15-29)27(32)31-24-9-8-23-16-30-12-11-22(23)14-24;;/h3-14,16,26H,15,17,29H2,1-2H3,(H,31,32);2*1H/i15D2,17D2;;. The molecule has 1 aromatic heterocycles. The Morgan fingerprint density at radius 2 is 1.75 bits per heavy atom. The molecule has 1 atom stereocenters. The lowest BCUT2D eigenvalue weighted by molar-refractivity contribution is -0.117. The van der Waals surface area contributed by atoms with Gasteiger partial charge in [0.2, 0.25) is 5.91 Å². The average Bonchev–Trinajstić information content (AvgIpc) is 2.83. The van der Waals surface area contributed by atoms with Gasteiger partial charge < -0.3 is 15.8 Å². The quantitative estimate of drug-likeness (QED) is 0.298. The Hall–Kier alpha value is -3.45. The van der Waals surface area contributed by atoms with E-state index in [-0.39, 0.29) is 41.5 Å². The highest BCUT2D eigenvalue weighted by Crippen LogP contribution is 2.22. The molecule has 0 aliphatic heterocycles. The highest BCUT2D eigenvalue weighted by molar-refractivity contribution is 5.98. The fraction of sp³-hybridized carbons (Fsp3) is 0.179. The number of halogens is 2. The summed E-state index contributed by atoms with van der Waals surface area (Å²) in [6, 6.07) is 17.7. The zero-order valence-electron chi connectivity index (χ0n) is 23.6. The van der Waals surface area contributed by atoms with E-state index in [4.69, 9.17) is 16.0 Å². The summed E-state index contributed by atoms with van der Waals surface area (Å²) in [4.78, 5) is 29.8. The van der Waals surface area contributed by atoms with Gasteiger partial charge in [-0.2, -0.15) is 0 Å². The van der Waals surface area contributed by atoms with Crippen LogP contribution < -0.4 is 11.1 Å². The molecule has 3 aromatic carbocycles. The molecule has 0 saturated carbocycles. The molecule has 188 valence electrons. The van der Waals surface area contributed by atoms with Crippen LogP contribution in [-0.2, 0) is 16.1 Å². The molecular formula is C28H29Cl2N3O3. The van der Waals surface area contributed by atoms with Gasteiger partial charge in [0.15, 0.2) is 0 Å². The van der Waals surface area contributed by atoms with E-state index in [9.17, 15) is 9.59 Å². The number of nitrogens with one attached hydrogen (secondary N) is 1. The second-order valence-corrected chi connectivity index (χ2v) is 7.96. The summed E-state index contributed by atoms with van der Waals surface area (Å²) in [5.74, 6) is -2.87. The number of carbonyl (C=O) groups excluding carboxylic acids is 2. The number of anilines is 1. The number of aromatic nitrogens is 1. The van der Waals surface area contributed by atoms with E-state index in [0.717, 1.165) is 16.3 Å². The Morgan fingerprint density at radius 3 is 2.44 bits per heavy atom. The number of nitrogens with zero attached hydrogens (tertiary/aromatic N) is 1. The fourth-order valence-corrected chi connectivity index (χ4v) is 3.65. The fourth-order valence-electron chi connectivity index (χ4n) is 3.65. The first-order chi connectivity index (χ1) is 17.8. The molecule has 1 unspecified atom stereocenters. The molecule has 1 amide bonds. The van der Waals surface area contributed by atoms with E-state index < -0.39 is 30.9 Å². The van der Waals surface area contributed by atoms with Gasteiger partial charge in [0, 0.05) is 32.7 Å². The maximum absolute atomic E-state index is 13.1. The number of pyridine rings is 1. The van der Waals surface area contributed by atoms with Gasteiger partial charge in [-0.15, -0.1) is 24.8 Å². The third-order valence-electron chi connectivity index (χ3n) is 5.44. The van der Waals surface area contributed by atoms with Crippen molar-refractivity contribution in [3.05, 3.63) is 107 Å². The Balaban J connectivity index is 0.00000280. The van der Waals surface area contributed by atoms with Gasteiger partial charge in [0.25, 0.3) is 0 Å². The average molecular weight is 530 g/mol. The Bertz CT molecular complexity index is 1510. The van der Waals surface area contributed by atoms with Crippen molar-refractivity contribution in [1.29, 1.82) is 0 Å². The van der Waals surface area contributed by atoms with E-state index in [1.54, 1.807) is 55.7 Å². The van der Waals surface area contributed by atoms with Gasteiger partial charge in [-0.05, 0) is 60.2 Å². The molecule has 36 heavy (non-hydrogen) atoms. The summed E-state index contributed by atoms with van der Waals surface area (Å²) in [6.07, 6.45) is 3.33. The lowest BCUT2D eigenvalue weighted by Gasteiger charge is -2.16. The molecule has 8 heteroatoms. The Kier molecular flexibility index (Phi) is 8.31. The summed E-state index contributed by atoms with van der Waals surface area (Å²) >= 11 is 0. The number of nitrogens with two attached hydrogens (primary N) is 1. The summed E-state index contributed by atoms with van der Waals surface area (Å²) in [6.45, 7) is -1.25. The zero-order chi connectivity index (χ0) is 27.7. The summed E-state index contributed by atoms with van der Waals surface area (Å²) in [5.41, 5.74) is 8.38. The van der Waals surface area contributed by atoms with Crippen LogP contribution in [0.4, 0.5) is 5.69 Å². The first-order valence-electron chi connectivity index (χ1n) is 12.7. The van der Waals surface area contributed by atoms with E-state index in [1.807, 2.05) is 13.0 Å². The molecule has 0 aliphatic rings. The van der Waals surface area contributed by atoms with Gasteiger partial charge in [-0.3, -0.25) is 9.78 Å². The van der Waals surface area contributed by atoms with Crippen molar-refractivity contribution >= 4 is 53.2 Å².